The Morgan fingerprint density at radius 1 is 0.893 bits per heavy atom. The fourth-order valence-corrected chi connectivity index (χ4v) is 11.9. The Morgan fingerprint density at radius 2 is 1.60 bits per heavy atom. The zero-order valence-electron chi connectivity index (χ0n) is 42.7. The molecule has 8 heterocycles. The Bertz CT molecular complexity index is 2900. The largest absolute Gasteiger partial charge is 0.507 e. The fourth-order valence-electron chi connectivity index (χ4n) is 11.1. The molecule has 6 atom stereocenters. The minimum absolute atomic E-state index is 0.0230. The Labute approximate surface area is 440 Å². The molecule has 0 spiro atoms. The summed E-state index contributed by atoms with van der Waals surface area (Å²) in [4.78, 5) is 49.1. The van der Waals surface area contributed by atoms with Crippen molar-refractivity contribution >= 4 is 40.3 Å². The zero-order chi connectivity index (χ0) is 52.2. The molecule has 6 aromatic rings. The van der Waals surface area contributed by atoms with Gasteiger partial charge in [-0.25, -0.2) is 9.97 Å². The van der Waals surface area contributed by atoms with Gasteiger partial charge in [0.05, 0.1) is 39.6 Å². The summed E-state index contributed by atoms with van der Waals surface area (Å²) in [5.74, 6) is 0.130. The van der Waals surface area contributed by atoms with E-state index in [1.54, 1.807) is 29.5 Å². The highest BCUT2D eigenvalue weighted by Crippen LogP contribution is 2.40. The number of nitrogens with zero attached hydrogens (tertiary/aromatic N) is 10. The number of likely N-dealkylation sites (tertiary alicyclic amines) is 1. The first-order valence-corrected chi connectivity index (χ1v) is 26.9. The number of aromatic nitrogens is 5. The van der Waals surface area contributed by atoms with E-state index in [1.807, 2.05) is 74.9 Å². The molecule has 0 aliphatic carbocycles. The normalized spacial score (nSPS) is 20.9. The quantitative estimate of drug-likeness (QED) is 0.0738. The van der Waals surface area contributed by atoms with Crippen LogP contribution in [0.3, 0.4) is 0 Å². The number of nitrogens with one attached hydrogen (secondary N) is 1. The van der Waals surface area contributed by atoms with Crippen LogP contribution in [-0.2, 0) is 9.59 Å². The molecule has 2 aromatic carbocycles. The average Bonchev–Trinajstić information content (AvgIpc) is 4.22. The molecule has 20 nitrogen and oxygen atoms in total. The SMILES string of the molecule is Cc1ncsc1-c1ccc([C@@H](CN)NC(=O)[C@@H]2C[C@@H](O)CN2C(=O)[C@H](c2cc(OCCN3CCN(CCOc4cc(N5C6CCC5CN(c5cc(-c7ccccc7O)nnc5N)C6)ccn4)CC3)no2)C(C)C)cc1. The van der Waals surface area contributed by atoms with Crippen LogP contribution in [0.1, 0.15) is 62.1 Å². The van der Waals surface area contributed by atoms with E-state index in [1.165, 1.54) is 4.90 Å². The van der Waals surface area contributed by atoms with Crippen molar-refractivity contribution in [3.8, 4) is 39.2 Å². The number of nitrogens with two attached hydrogens (primary N) is 2. The summed E-state index contributed by atoms with van der Waals surface area (Å²) in [6, 6.07) is 21.9. The van der Waals surface area contributed by atoms with Gasteiger partial charge in [-0.2, -0.15) is 0 Å². The van der Waals surface area contributed by atoms with Gasteiger partial charge in [0.25, 0.3) is 5.88 Å². The van der Waals surface area contributed by atoms with Crippen molar-refractivity contribution < 1.29 is 33.8 Å². The summed E-state index contributed by atoms with van der Waals surface area (Å²) in [5.41, 5.74) is 20.3. The second-order valence-electron chi connectivity index (χ2n) is 20.3. The van der Waals surface area contributed by atoms with Gasteiger partial charge in [-0.15, -0.1) is 21.5 Å². The van der Waals surface area contributed by atoms with E-state index in [2.05, 4.69) is 62.4 Å². The van der Waals surface area contributed by atoms with E-state index in [0.29, 0.717) is 48.5 Å². The molecule has 4 aromatic heterocycles. The van der Waals surface area contributed by atoms with Crippen LogP contribution >= 0.6 is 11.3 Å². The molecule has 2 unspecified atom stereocenters. The molecule has 0 saturated carbocycles. The molecular formula is C54H67N13O7S. The number of thiazole rings is 1. The second-order valence-corrected chi connectivity index (χ2v) is 21.2. The summed E-state index contributed by atoms with van der Waals surface area (Å²) in [7, 11) is 0. The number of β-amino-alcohol motifs (C(OH)–C–C–N with tert-alkyl or cyclic N) is 1. The van der Waals surface area contributed by atoms with E-state index in [-0.39, 0.29) is 61.0 Å². The number of para-hydroxylation sites is 1. The standard InChI is InChI=1S/C54H67N13O7S/c1-33(2)50(54(71)66-31-40(68)25-45(66)53(70)59-43(28-55)35-8-10-36(11-9-35)51-34(3)58-32-75-51)47-27-49(62-74-47)73-23-21-64-18-16-63(17-19-64)20-22-72-48-24-37(14-15-57-48)67-38-12-13-39(67)30-65(29-38)44-26-42(60-61-52(44)56)41-6-4-5-7-46(41)69/h4-11,14-15,24,26-27,32-33,38-40,43,45,50,68-69H,12-13,16-23,25,28-31,55H2,1-3H3,(H2,56,61)(H,59,70)/t38?,39?,40-,43-,45+,50+/m1/s1. The summed E-state index contributed by atoms with van der Waals surface area (Å²) in [6.07, 6.45) is 3.20. The molecular weight excluding hydrogens is 975 g/mol. The van der Waals surface area contributed by atoms with Gasteiger partial charge < -0.3 is 55.7 Å². The van der Waals surface area contributed by atoms with Crippen molar-refractivity contribution in [2.45, 2.75) is 76.2 Å². The number of aromatic hydroxyl groups is 1. The van der Waals surface area contributed by atoms with Gasteiger partial charge in [0.1, 0.15) is 30.9 Å². The minimum atomic E-state index is -0.884. The van der Waals surface area contributed by atoms with Gasteiger partial charge in [0.15, 0.2) is 11.6 Å². The lowest BCUT2D eigenvalue weighted by Crippen LogP contribution is -2.54. The molecule has 4 aliphatic rings. The zero-order valence-corrected chi connectivity index (χ0v) is 43.5. The summed E-state index contributed by atoms with van der Waals surface area (Å²) < 4.78 is 18.0. The highest BCUT2D eigenvalue weighted by molar-refractivity contribution is 7.13. The Balaban J connectivity index is 0.659. The smallest absolute Gasteiger partial charge is 0.254 e. The number of phenols is 1. The van der Waals surface area contributed by atoms with Crippen LogP contribution in [0.2, 0.25) is 0 Å². The van der Waals surface area contributed by atoms with Gasteiger partial charge in [0.2, 0.25) is 17.7 Å². The Hall–Kier alpha value is -6.91. The van der Waals surface area contributed by atoms with Gasteiger partial charge in [0, 0.05) is 114 Å². The van der Waals surface area contributed by atoms with E-state index in [0.717, 1.165) is 91.7 Å². The molecule has 4 fully saturated rings. The van der Waals surface area contributed by atoms with Crippen LogP contribution in [0.25, 0.3) is 21.7 Å². The summed E-state index contributed by atoms with van der Waals surface area (Å²) in [5, 5.41) is 36.9. The van der Waals surface area contributed by atoms with Gasteiger partial charge in [-0.3, -0.25) is 19.4 Å². The van der Waals surface area contributed by atoms with Gasteiger partial charge in [-0.1, -0.05) is 50.2 Å². The maximum absolute atomic E-state index is 14.3. The molecule has 75 heavy (non-hydrogen) atoms. The lowest BCUT2D eigenvalue weighted by Gasteiger charge is -2.43. The number of benzene rings is 2. The molecule has 10 rings (SSSR count). The van der Waals surface area contributed by atoms with Crippen LogP contribution in [0.5, 0.6) is 17.5 Å². The van der Waals surface area contributed by atoms with Crippen LogP contribution in [0.4, 0.5) is 17.2 Å². The Kier molecular flexibility index (Phi) is 15.8. The number of hydrogen-bond donors (Lipinski definition) is 5. The summed E-state index contributed by atoms with van der Waals surface area (Å²) in [6.45, 7) is 13.5. The van der Waals surface area contributed by atoms with Crippen LogP contribution in [0.15, 0.2) is 89.0 Å². The topological polar surface area (TPSA) is 251 Å². The first-order valence-electron chi connectivity index (χ1n) is 26.0. The van der Waals surface area contributed by atoms with Crippen LogP contribution < -0.4 is 36.1 Å². The monoisotopic (exact) mass is 1040 g/mol. The molecule has 7 N–H and O–H groups in total. The molecule has 2 amide bonds. The molecule has 396 valence electrons. The fraction of sp³-hybridized carbons (Fsp3) is 0.463. The van der Waals surface area contributed by atoms with E-state index in [4.69, 9.17) is 25.5 Å². The van der Waals surface area contributed by atoms with Crippen LogP contribution in [0, 0.1) is 12.8 Å². The lowest BCUT2D eigenvalue weighted by molar-refractivity contribution is -0.141. The number of rotatable bonds is 19. The first-order chi connectivity index (χ1) is 36.4. The number of nitrogen functional groups attached to an aromatic ring is 1. The number of aliphatic hydroxyl groups is 1. The number of aryl methyl sites for hydroxylation is 1. The van der Waals surface area contributed by atoms with Crippen molar-refractivity contribution in [1.82, 2.24) is 45.3 Å². The van der Waals surface area contributed by atoms with E-state index < -0.39 is 24.1 Å². The van der Waals surface area contributed by atoms with E-state index in [9.17, 15) is 19.8 Å². The number of fused-ring (bicyclic) bond motifs is 2. The van der Waals surface area contributed by atoms with Crippen LogP contribution in [-0.4, -0.2) is 165 Å². The molecule has 4 saturated heterocycles. The van der Waals surface area contributed by atoms with Crippen molar-refractivity contribution in [3.63, 3.8) is 0 Å². The molecule has 4 aliphatic heterocycles. The van der Waals surface area contributed by atoms with Gasteiger partial charge >= 0.3 is 0 Å². The number of ether oxygens (including phenoxy) is 2. The van der Waals surface area contributed by atoms with Gasteiger partial charge in [-0.05, 0) is 66.2 Å². The number of aliphatic hydroxyl groups excluding tert-OH is 1. The number of carbonyl (C=O) groups excluding carboxylic acids is 2. The van der Waals surface area contributed by atoms with Crippen molar-refractivity contribution in [2.75, 3.05) is 94.2 Å². The predicted molar refractivity (Wildman–Crippen MR) is 286 cm³/mol. The number of piperazine rings is 2. The maximum Gasteiger partial charge on any atom is 0.254 e. The molecule has 2 bridgehead atoms. The van der Waals surface area contributed by atoms with Crippen molar-refractivity contribution in [1.29, 1.82) is 0 Å². The third-order valence-electron chi connectivity index (χ3n) is 15.1. The number of phenolic OH excluding ortho intramolecular Hbond substituents is 1. The van der Waals surface area contributed by atoms with E-state index >= 15 is 0 Å². The lowest BCUT2D eigenvalue weighted by atomic mass is 9.91. The predicted octanol–water partition coefficient (Wildman–Crippen LogP) is 4.70. The molecule has 0 radical (unpaired) electrons. The number of hydrogen-bond acceptors (Lipinski definition) is 19. The third kappa shape index (κ3) is 11.5. The summed E-state index contributed by atoms with van der Waals surface area (Å²) >= 11 is 1.57. The number of carbonyl (C=O) groups is 2. The number of anilines is 3. The first kappa shape index (κ1) is 51.6. The van der Waals surface area contributed by atoms with Crippen molar-refractivity contribution in [3.05, 3.63) is 102 Å². The highest BCUT2D eigenvalue weighted by Gasteiger charge is 2.44. The third-order valence-corrected chi connectivity index (χ3v) is 16.1. The number of amides is 2. The number of pyridine rings is 1. The second kappa shape index (κ2) is 22.9. The average molecular weight is 1040 g/mol. The van der Waals surface area contributed by atoms with Crippen molar-refractivity contribution in [2.24, 2.45) is 11.7 Å². The Morgan fingerprint density at radius 3 is 2.27 bits per heavy atom. The molecule has 21 heteroatoms. The minimum Gasteiger partial charge on any atom is -0.507 e. The highest BCUT2D eigenvalue weighted by atomic mass is 32.1. The maximum atomic E-state index is 14.3.